The fourth-order valence-electron chi connectivity index (χ4n) is 3.82. The number of hydrogen-bond acceptors (Lipinski definition) is 3. The molecular formula is C22H21F2NO3. The summed E-state index contributed by atoms with van der Waals surface area (Å²) in [6.07, 6.45) is 2.41. The molecule has 28 heavy (non-hydrogen) atoms. The first-order valence-electron chi connectivity index (χ1n) is 9.31. The van der Waals surface area contributed by atoms with Gasteiger partial charge in [0.25, 0.3) is 0 Å². The summed E-state index contributed by atoms with van der Waals surface area (Å²) in [7, 11) is 0. The van der Waals surface area contributed by atoms with Crippen LogP contribution in [0.25, 0.3) is 0 Å². The number of ether oxygens (including phenoxy) is 2. The fourth-order valence-corrected chi connectivity index (χ4v) is 3.82. The number of benzene rings is 2. The number of halogens is 2. The van der Waals surface area contributed by atoms with Crippen LogP contribution in [-0.4, -0.2) is 36.3 Å². The Morgan fingerprint density at radius 2 is 1.93 bits per heavy atom. The smallest absolute Gasteiger partial charge is 0.411 e. The third-order valence-corrected chi connectivity index (χ3v) is 5.14. The molecule has 2 aromatic rings. The average Bonchev–Trinajstić information content (AvgIpc) is 2.70. The van der Waals surface area contributed by atoms with E-state index in [0.29, 0.717) is 31.6 Å². The lowest BCUT2D eigenvalue weighted by Gasteiger charge is -2.43. The van der Waals surface area contributed by atoms with Crippen LogP contribution < -0.4 is 0 Å². The Bertz CT molecular complexity index is 885. The van der Waals surface area contributed by atoms with Crippen molar-refractivity contribution in [2.45, 2.75) is 31.5 Å². The minimum atomic E-state index is -0.844. The van der Waals surface area contributed by atoms with E-state index in [1.54, 1.807) is 11.0 Å². The standard InChI is InChI=1S/C22H21F2NO3/c23-20-8-4-7-17(21(20)24)9-16-10-18-13-27-14-19(11-16)25(18)22(26)28-12-15-5-2-1-3-6-15/h1-8,10,18-19H,9,11-14H2. The molecule has 1 fully saturated rings. The molecule has 2 aliphatic heterocycles. The Labute approximate surface area is 162 Å². The molecule has 4 nitrogen and oxygen atoms in total. The third-order valence-electron chi connectivity index (χ3n) is 5.14. The van der Waals surface area contributed by atoms with Crippen LogP contribution in [0.15, 0.2) is 60.2 Å². The highest BCUT2D eigenvalue weighted by Gasteiger charge is 2.38. The first kappa shape index (κ1) is 18.6. The molecule has 4 rings (SSSR count). The molecule has 0 spiro atoms. The highest BCUT2D eigenvalue weighted by molar-refractivity contribution is 5.69. The van der Waals surface area contributed by atoms with E-state index in [-0.39, 0.29) is 24.8 Å². The summed E-state index contributed by atoms with van der Waals surface area (Å²) in [6, 6.07) is 13.3. The molecule has 2 bridgehead atoms. The molecule has 146 valence electrons. The molecule has 0 radical (unpaired) electrons. The number of carbonyl (C=O) groups is 1. The second-order valence-corrected chi connectivity index (χ2v) is 7.12. The highest BCUT2D eigenvalue weighted by atomic mass is 19.2. The monoisotopic (exact) mass is 385 g/mol. The molecule has 0 saturated carbocycles. The quantitative estimate of drug-likeness (QED) is 0.739. The summed E-state index contributed by atoms with van der Waals surface area (Å²) in [5, 5.41) is 0. The average molecular weight is 385 g/mol. The van der Waals surface area contributed by atoms with Gasteiger partial charge in [0.15, 0.2) is 11.6 Å². The molecule has 6 heteroatoms. The van der Waals surface area contributed by atoms with Crippen LogP contribution in [0.4, 0.5) is 13.6 Å². The van der Waals surface area contributed by atoms with Gasteiger partial charge in [0.2, 0.25) is 0 Å². The van der Waals surface area contributed by atoms with Crippen LogP contribution in [0.5, 0.6) is 0 Å². The van der Waals surface area contributed by atoms with Crippen molar-refractivity contribution in [1.29, 1.82) is 0 Å². The van der Waals surface area contributed by atoms with Gasteiger partial charge in [-0.2, -0.15) is 0 Å². The first-order valence-corrected chi connectivity index (χ1v) is 9.31. The summed E-state index contributed by atoms with van der Waals surface area (Å²) in [6.45, 7) is 0.980. The summed E-state index contributed by atoms with van der Waals surface area (Å²) in [5.74, 6) is -1.65. The lowest BCUT2D eigenvalue weighted by Crippen LogP contribution is -2.56. The van der Waals surface area contributed by atoms with Gasteiger partial charge in [-0.1, -0.05) is 54.1 Å². The van der Waals surface area contributed by atoms with Gasteiger partial charge in [-0.15, -0.1) is 0 Å². The van der Waals surface area contributed by atoms with Gasteiger partial charge in [0.1, 0.15) is 6.61 Å². The van der Waals surface area contributed by atoms with E-state index in [2.05, 4.69) is 0 Å². The van der Waals surface area contributed by atoms with E-state index >= 15 is 0 Å². The Kier molecular flexibility index (Phi) is 5.39. The number of carbonyl (C=O) groups excluding carboxylic acids is 1. The van der Waals surface area contributed by atoms with Crippen LogP contribution in [0, 0.1) is 11.6 Å². The van der Waals surface area contributed by atoms with Crippen molar-refractivity contribution in [2.24, 2.45) is 0 Å². The summed E-state index contributed by atoms with van der Waals surface area (Å²) >= 11 is 0. The Balaban J connectivity index is 1.46. The molecule has 2 aliphatic rings. The van der Waals surface area contributed by atoms with Crippen molar-refractivity contribution < 1.29 is 23.0 Å². The van der Waals surface area contributed by atoms with Crippen LogP contribution in [-0.2, 0) is 22.5 Å². The van der Waals surface area contributed by atoms with Crippen molar-refractivity contribution in [3.63, 3.8) is 0 Å². The van der Waals surface area contributed by atoms with E-state index < -0.39 is 11.6 Å². The van der Waals surface area contributed by atoms with E-state index in [1.165, 1.54) is 6.07 Å². The van der Waals surface area contributed by atoms with Crippen molar-refractivity contribution in [1.82, 2.24) is 4.90 Å². The zero-order valence-electron chi connectivity index (χ0n) is 15.3. The second-order valence-electron chi connectivity index (χ2n) is 7.12. The molecule has 1 amide bonds. The van der Waals surface area contributed by atoms with Crippen LogP contribution in [0.3, 0.4) is 0 Å². The van der Waals surface area contributed by atoms with E-state index in [4.69, 9.17) is 9.47 Å². The second kappa shape index (κ2) is 8.10. The maximum atomic E-state index is 14.0. The van der Waals surface area contributed by atoms with Crippen molar-refractivity contribution in [2.75, 3.05) is 13.2 Å². The number of nitrogens with zero attached hydrogens (tertiary/aromatic N) is 1. The van der Waals surface area contributed by atoms with Gasteiger partial charge in [0, 0.05) is 0 Å². The van der Waals surface area contributed by atoms with Crippen LogP contribution in [0.2, 0.25) is 0 Å². The van der Waals surface area contributed by atoms with Crippen molar-refractivity contribution in [3.05, 3.63) is 82.9 Å². The maximum absolute atomic E-state index is 14.0. The Morgan fingerprint density at radius 3 is 2.71 bits per heavy atom. The van der Waals surface area contributed by atoms with E-state index in [9.17, 15) is 13.6 Å². The highest BCUT2D eigenvalue weighted by Crippen LogP contribution is 2.30. The van der Waals surface area contributed by atoms with Crippen molar-refractivity contribution >= 4 is 6.09 Å². The number of hydrogen-bond donors (Lipinski definition) is 0. The summed E-state index contributed by atoms with van der Waals surface area (Å²) in [4.78, 5) is 14.4. The number of amides is 1. The first-order chi connectivity index (χ1) is 13.6. The third kappa shape index (κ3) is 3.92. The predicted octanol–water partition coefficient (Wildman–Crippen LogP) is 4.24. The molecular weight excluding hydrogens is 364 g/mol. The summed E-state index contributed by atoms with van der Waals surface area (Å²) < 4.78 is 38.6. The minimum absolute atomic E-state index is 0.168. The van der Waals surface area contributed by atoms with Crippen LogP contribution in [0.1, 0.15) is 17.5 Å². The Hall–Kier alpha value is -2.73. The minimum Gasteiger partial charge on any atom is -0.445 e. The molecule has 1 saturated heterocycles. The lowest BCUT2D eigenvalue weighted by atomic mass is 9.90. The normalized spacial score (nSPS) is 21.2. The van der Waals surface area contributed by atoms with Gasteiger partial charge in [-0.05, 0) is 30.0 Å². The molecule has 0 aromatic heterocycles. The number of rotatable bonds is 4. The van der Waals surface area contributed by atoms with E-state index in [0.717, 1.165) is 17.2 Å². The van der Waals surface area contributed by atoms with Gasteiger partial charge in [0.05, 0.1) is 25.3 Å². The number of morpholine rings is 1. The lowest BCUT2D eigenvalue weighted by molar-refractivity contribution is -0.0374. The zero-order valence-corrected chi connectivity index (χ0v) is 15.3. The molecule has 2 atom stereocenters. The molecule has 0 aliphatic carbocycles. The molecule has 0 N–H and O–H groups in total. The topological polar surface area (TPSA) is 38.8 Å². The molecule has 2 aromatic carbocycles. The van der Waals surface area contributed by atoms with Gasteiger partial charge in [-0.25, -0.2) is 13.6 Å². The largest absolute Gasteiger partial charge is 0.445 e. The molecule has 2 unspecified atom stereocenters. The fraction of sp³-hybridized carbons (Fsp3) is 0.318. The van der Waals surface area contributed by atoms with Crippen LogP contribution >= 0.6 is 0 Å². The predicted molar refractivity (Wildman–Crippen MR) is 99.6 cm³/mol. The summed E-state index contributed by atoms with van der Waals surface area (Å²) in [5.41, 5.74) is 2.23. The maximum Gasteiger partial charge on any atom is 0.411 e. The van der Waals surface area contributed by atoms with E-state index in [1.807, 2.05) is 36.4 Å². The SMILES string of the molecule is O=C(OCc1ccccc1)N1C2C=C(Cc3cccc(F)c3F)CC1COC2. The zero-order chi connectivity index (χ0) is 19.5. The number of fused-ring (bicyclic) bond motifs is 2. The van der Waals surface area contributed by atoms with Gasteiger partial charge < -0.3 is 9.47 Å². The van der Waals surface area contributed by atoms with Crippen molar-refractivity contribution in [3.8, 4) is 0 Å². The van der Waals surface area contributed by atoms with Gasteiger partial charge in [-0.3, -0.25) is 4.90 Å². The Morgan fingerprint density at radius 1 is 1.11 bits per heavy atom. The van der Waals surface area contributed by atoms with Gasteiger partial charge >= 0.3 is 6.09 Å². The molecule has 2 heterocycles.